The third-order valence-electron chi connectivity index (χ3n) is 1.91. The van der Waals surface area contributed by atoms with Crippen molar-refractivity contribution in [3.63, 3.8) is 0 Å². The van der Waals surface area contributed by atoms with Crippen LogP contribution in [0.3, 0.4) is 0 Å². The van der Waals surface area contributed by atoms with E-state index in [0.717, 1.165) is 17.9 Å². The van der Waals surface area contributed by atoms with Gasteiger partial charge in [-0.05, 0) is 12.1 Å². The second kappa shape index (κ2) is 4.24. The third kappa shape index (κ3) is 2.12. The SMILES string of the molecule is ClCc1cccc(Cn2ccnc2)n1. The van der Waals surface area contributed by atoms with Crippen molar-refractivity contribution < 1.29 is 0 Å². The molecule has 2 aromatic heterocycles. The van der Waals surface area contributed by atoms with Gasteiger partial charge in [-0.25, -0.2) is 4.98 Å². The Kier molecular flexibility index (Phi) is 2.79. The summed E-state index contributed by atoms with van der Waals surface area (Å²) < 4.78 is 1.97. The second-order valence-corrected chi connectivity index (χ2v) is 3.26. The highest BCUT2D eigenvalue weighted by Gasteiger charge is 1.97. The zero-order valence-corrected chi connectivity index (χ0v) is 8.35. The molecule has 0 radical (unpaired) electrons. The fourth-order valence-electron chi connectivity index (χ4n) is 1.26. The molecule has 0 saturated heterocycles. The average Bonchev–Trinajstić information content (AvgIpc) is 2.71. The highest BCUT2D eigenvalue weighted by atomic mass is 35.5. The molecule has 0 aliphatic heterocycles. The maximum Gasteiger partial charge on any atom is 0.0949 e. The van der Waals surface area contributed by atoms with Crippen molar-refractivity contribution in [1.82, 2.24) is 14.5 Å². The zero-order chi connectivity index (χ0) is 9.80. The van der Waals surface area contributed by atoms with Crippen molar-refractivity contribution in [1.29, 1.82) is 0 Å². The van der Waals surface area contributed by atoms with Gasteiger partial charge in [0.05, 0.1) is 30.1 Å². The Balaban J connectivity index is 2.17. The van der Waals surface area contributed by atoms with Crippen LogP contribution in [0.4, 0.5) is 0 Å². The highest BCUT2D eigenvalue weighted by Crippen LogP contribution is 2.04. The molecule has 0 aromatic carbocycles. The first-order valence-electron chi connectivity index (χ1n) is 4.35. The van der Waals surface area contributed by atoms with Gasteiger partial charge in [0, 0.05) is 12.4 Å². The summed E-state index contributed by atoms with van der Waals surface area (Å²) in [5.74, 6) is 0.456. The van der Waals surface area contributed by atoms with E-state index in [1.54, 1.807) is 12.5 Å². The molecule has 0 N–H and O–H groups in total. The lowest BCUT2D eigenvalue weighted by Gasteiger charge is -2.02. The van der Waals surface area contributed by atoms with Gasteiger partial charge in [-0.1, -0.05) is 6.07 Å². The molecule has 0 aliphatic rings. The van der Waals surface area contributed by atoms with E-state index in [2.05, 4.69) is 9.97 Å². The normalized spacial score (nSPS) is 10.4. The number of imidazole rings is 1. The molecule has 0 atom stereocenters. The number of hydrogen-bond donors (Lipinski definition) is 0. The molecule has 14 heavy (non-hydrogen) atoms. The summed E-state index contributed by atoms with van der Waals surface area (Å²) in [4.78, 5) is 8.36. The van der Waals surface area contributed by atoms with Crippen molar-refractivity contribution in [2.24, 2.45) is 0 Å². The van der Waals surface area contributed by atoms with Crippen LogP contribution in [0.15, 0.2) is 36.9 Å². The van der Waals surface area contributed by atoms with Crippen LogP contribution >= 0.6 is 11.6 Å². The minimum atomic E-state index is 0.456. The van der Waals surface area contributed by atoms with E-state index >= 15 is 0 Å². The molecule has 4 heteroatoms. The Hall–Kier alpha value is -1.35. The summed E-state index contributed by atoms with van der Waals surface area (Å²) in [7, 11) is 0. The molecule has 72 valence electrons. The molecule has 0 amide bonds. The number of rotatable bonds is 3. The first kappa shape index (κ1) is 9.21. The number of halogens is 1. The largest absolute Gasteiger partial charge is 0.331 e. The standard InChI is InChI=1S/C10H10ClN3/c11-6-9-2-1-3-10(13-9)7-14-5-4-12-8-14/h1-5,8H,6-7H2. The van der Waals surface area contributed by atoms with Gasteiger partial charge in [-0.15, -0.1) is 11.6 Å². The van der Waals surface area contributed by atoms with E-state index in [1.165, 1.54) is 0 Å². The number of nitrogens with zero attached hydrogens (tertiary/aromatic N) is 3. The third-order valence-corrected chi connectivity index (χ3v) is 2.18. The van der Waals surface area contributed by atoms with Crippen LogP contribution in [0.2, 0.25) is 0 Å². The van der Waals surface area contributed by atoms with E-state index in [0.29, 0.717) is 5.88 Å². The fraction of sp³-hybridized carbons (Fsp3) is 0.200. The van der Waals surface area contributed by atoms with Crippen molar-refractivity contribution in [3.8, 4) is 0 Å². The Morgan fingerprint density at radius 2 is 2.14 bits per heavy atom. The quantitative estimate of drug-likeness (QED) is 0.722. The monoisotopic (exact) mass is 207 g/mol. The second-order valence-electron chi connectivity index (χ2n) is 2.99. The summed E-state index contributed by atoms with van der Waals surface area (Å²) in [5, 5.41) is 0. The van der Waals surface area contributed by atoms with Crippen LogP contribution in [0.25, 0.3) is 0 Å². The minimum absolute atomic E-state index is 0.456. The maximum absolute atomic E-state index is 5.70. The molecule has 0 bridgehead atoms. The first-order chi connectivity index (χ1) is 6.88. The van der Waals surface area contributed by atoms with Crippen LogP contribution < -0.4 is 0 Å². The summed E-state index contributed by atoms with van der Waals surface area (Å²) in [6.07, 6.45) is 5.44. The van der Waals surface area contributed by atoms with Crippen molar-refractivity contribution >= 4 is 11.6 Å². The van der Waals surface area contributed by atoms with Crippen molar-refractivity contribution in [3.05, 3.63) is 48.3 Å². The van der Waals surface area contributed by atoms with Crippen LogP contribution in [0.5, 0.6) is 0 Å². The number of pyridine rings is 1. The number of aromatic nitrogens is 3. The van der Waals surface area contributed by atoms with Crippen LogP contribution in [0.1, 0.15) is 11.4 Å². The Labute approximate surface area is 87.4 Å². The smallest absolute Gasteiger partial charge is 0.0949 e. The topological polar surface area (TPSA) is 30.7 Å². The molecule has 0 fully saturated rings. The first-order valence-corrected chi connectivity index (χ1v) is 4.88. The molecule has 0 unspecified atom stereocenters. The minimum Gasteiger partial charge on any atom is -0.331 e. The molecule has 2 aromatic rings. The predicted octanol–water partition coefficient (Wildman–Crippen LogP) is 2.07. The van der Waals surface area contributed by atoms with Gasteiger partial charge < -0.3 is 4.57 Å². The van der Waals surface area contributed by atoms with E-state index in [1.807, 2.05) is 29.0 Å². The lowest BCUT2D eigenvalue weighted by molar-refractivity contribution is 0.768. The molecule has 0 saturated carbocycles. The number of hydrogen-bond acceptors (Lipinski definition) is 2. The maximum atomic E-state index is 5.70. The molecule has 0 spiro atoms. The highest BCUT2D eigenvalue weighted by molar-refractivity contribution is 6.16. The van der Waals surface area contributed by atoms with Crippen LogP contribution in [0, 0.1) is 0 Å². The van der Waals surface area contributed by atoms with Crippen LogP contribution in [-0.4, -0.2) is 14.5 Å². The summed E-state index contributed by atoms with van der Waals surface area (Å²) in [6.45, 7) is 0.741. The van der Waals surface area contributed by atoms with Crippen molar-refractivity contribution in [2.75, 3.05) is 0 Å². The fourth-order valence-corrected chi connectivity index (χ4v) is 1.41. The zero-order valence-electron chi connectivity index (χ0n) is 7.60. The molecular weight excluding hydrogens is 198 g/mol. The molecule has 0 aliphatic carbocycles. The van der Waals surface area contributed by atoms with Gasteiger partial charge in [-0.2, -0.15) is 0 Å². The Bertz CT molecular complexity index is 398. The Morgan fingerprint density at radius 3 is 2.86 bits per heavy atom. The average molecular weight is 208 g/mol. The molecule has 3 nitrogen and oxygen atoms in total. The van der Waals surface area contributed by atoms with Crippen LogP contribution in [-0.2, 0) is 12.4 Å². The molecule has 2 heterocycles. The van der Waals surface area contributed by atoms with E-state index in [9.17, 15) is 0 Å². The van der Waals surface area contributed by atoms with Gasteiger partial charge in [0.25, 0.3) is 0 Å². The van der Waals surface area contributed by atoms with Crippen molar-refractivity contribution in [2.45, 2.75) is 12.4 Å². The lowest BCUT2D eigenvalue weighted by Crippen LogP contribution is -2.00. The summed E-state index contributed by atoms with van der Waals surface area (Å²) in [6, 6.07) is 5.87. The predicted molar refractivity (Wildman–Crippen MR) is 55.1 cm³/mol. The van der Waals surface area contributed by atoms with Gasteiger partial charge >= 0.3 is 0 Å². The summed E-state index contributed by atoms with van der Waals surface area (Å²) in [5.41, 5.74) is 1.91. The van der Waals surface area contributed by atoms with E-state index in [-0.39, 0.29) is 0 Å². The lowest BCUT2D eigenvalue weighted by atomic mass is 10.3. The Morgan fingerprint density at radius 1 is 1.29 bits per heavy atom. The number of alkyl halides is 1. The van der Waals surface area contributed by atoms with E-state index < -0.39 is 0 Å². The van der Waals surface area contributed by atoms with Gasteiger partial charge in [0.2, 0.25) is 0 Å². The molecular formula is C10H10ClN3. The van der Waals surface area contributed by atoms with E-state index in [4.69, 9.17) is 11.6 Å². The molecule has 2 rings (SSSR count). The van der Waals surface area contributed by atoms with Gasteiger partial charge in [0.1, 0.15) is 0 Å². The van der Waals surface area contributed by atoms with Gasteiger partial charge in [-0.3, -0.25) is 4.98 Å². The van der Waals surface area contributed by atoms with Gasteiger partial charge in [0.15, 0.2) is 0 Å². The summed E-state index contributed by atoms with van der Waals surface area (Å²) >= 11 is 5.70.